The van der Waals surface area contributed by atoms with E-state index >= 15 is 0 Å². The Morgan fingerprint density at radius 1 is 1.53 bits per heavy atom. The molecule has 0 heterocycles. The Kier molecular flexibility index (Phi) is 5.45. The average molecular weight is 238 g/mol. The molecule has 0 aliphatic heterocycles. The molecule has 5 heteroatoms. The van der Waals surface area contributed by atoms with E-state index in [0.29, 0.717) is 12.4 Å². The molecule has 1 amide bonds. The van der Waals surface area contributed by atoms with E-state index in [0.717, 1.165) is 5.56 Å². The minimum Gasteiger partial charge on any atom is -0.491 e. The van der Waals surface area contributed by atoms with Crippen molar-refractivity contribution in [3.05, 3.63) is 29.8 Å². The summed E-state index contributed by atoms with van der Waals surface area (Å²) in [6.45, 7) is 0.741. The lowest BCUT2D eigenvalue weighted by Gasteiger charge is -2.14. The molecule has 17 heavy (non-hydrogen) atoms. The number of carbonyl (C=O) groups excluding carboxylic acids is 1. The van der Waals surface area contributed by atoms with Crippen LogP contribution in [0.15, 0.2) is 24.3 Å². The summed E-state index contributed by atoms with van der Waals surface area (Å²) in [7, 11) is 3.30. The van der Waals surface area contributed by atoms with Crippen molar-refractivity contribution in [2.45, 2.75) is 12.6 Å². The van der Waals surface area contributed by atoms with Crippen LogP contribution in [0.25, 0.3) is 0 Å². The van der Waals surface area contributed by atoms with E-state index in [2.05, 4.69) is 5.32 Å². The summed E-state index contributed by atoms with van der Waals surface area (Å²) in [5.41, 5.74) is 6.21. The second kappa shape index (κ2) is 6.88. The predicted octanol–water partition coefficient (Wildman–Crippen LogP) is 0.285. The number of primary amides is 1. The summed E-state index contributed by atoms with van der Waals surface area (Å²) in [6, 6.07) is 7.04. The zero-order chi connectivity index (χ0) is 12.7. The standard InChI is InChI=1S/C12H18N2O3/c1-14-11(12(13)15)8-17-10-5-3-4-9(6-10)7-16-2/h3-6,11,14H,7-8H2,1-2H3,(H2,13,15). The van der Waals surface area contributed by atoms with Crippen LogP contribution in [0.3, 0.4) is 0 Å². The zero-order valence-corrected chi connectivity index (χ0v) is 10.1. The first-order valence-corrected chi connectivity index (χ1v) is 5.34. The summed E-state index contributed by atoms with van der Waals surface area (Å²) >= 11 is 0. The van der Waals surface area contributed by atoms with E-state index in [1.54, 1.807) is 14.2 Å². The van der Waals surface area contributed by atoms with Gasteiger partial charge >= 0.3 is 0 Å². The molecule has 0 aromatic heterocycles. The quantitative estimate of drug-likeness (QED) is 0.716. The van der Waals surface area contributed by atoms with Crippen molar-refractivity contribution in [2.24, 2.45) is 5.73 Å². The van der Waals surface area contributed by atoms with Crippen LogP contribution >= 0.6 is 0 Å². The normalized spacial score (nSPS) is 12.1. The highest BCUT2D eigenvalue weighted by molar-refractivity contribution is 5.79. The van der Waals surface area contributed by atoms with Gasteiger partial charge in [0.2, 0.25) is 5.91 Å². The van der Waals surface area contributed by atoms with Crippen LogP contribution in [0, 0.1) is 0 Å². The average Bonchev–Trinajstić information content (AvgIpc) is 2.30. The molecule has 0 spiro atoms. The molecule has 0 radical (unpaired) electrons. The van der Waals surface area contributed by atoms with E-state index in [9.17, 15) is 4.79 Å². The van der Waals surface area contributed by atoms with Gasteiger partial charge in [0, 0.05) is 7.11 Å². The first-order valence-electron chi connectivity index (χ1n) is 5.34. The highest BCUT2D eigenvalue weighted by atomic mass is 16.5. The van der Waals surface area contributed by atoms with Gasteiger partial charge in [-0.05, 0) is 24.7 Å². The second-order valence-corrected chi connectivity index (χ2v) is 3.64. The third-order valence-corrected chi connectivity index (χ3v) is 2.32. The van der Waals surface area contributed by atoms with Crippen molar-refractivity contribution in [1.82, 2.24) is 5.32 Å². The number of methoxy groups -OCH3 is 1. The largest absolute Gasteiger partial charge is 0.491 e. The van der Waals surface area contributed by atoms with Gasteiger partial charge in [-0.2, -0.15) is 0 Å². The van der Waals surface area contributed by atoms with Crippen LogP contribution in [0.2, 0.25) is 0 Å². The van der Waals surface area contributed by atoms with Crippen LogP contribution in [0.5, 0.6) is 5.75 Å². The van der Waals surface area contributed by atoms with E-state index in [-0.39, 0.29) is 6.61 Å². The lowest BCUT2D eigenvalue weighted by atomic mass is 10.2. The summed E-state index contributed by atoms with van der Waals surface area (Å²) in [4.78, 5) is 11.0. The number of hydrogen-bond acceptors (Lipinski definition) is 4. The fraction of sp³-hybridized carbons (Fsp3) is 0.417. The van der Waals surface area contributed by atoms with E-state index in [1.165, 1.54) is 0 Å². The third-order valence-electron chi connectivity index (χ3n) is 2.32. The van der Waals surface area contributed by atoms with Gasteiger partial charge < -0.3 is 20.5 Å². The highest BCUT2D eigenvalue weighted by Crippen LogP contribution is 2.14. The fourth-order valence-electron chi connectivity index (χ4n) is 1.38. The summed E-state index contributed by atoms with van der Waals surface area (Å²) in [5, 5.41) is 2.79. The van der Waals surface area contributed by atoms with Gasteiger partial charge in [0.25, 0.3) is 0 Å². The van der Waals surface area contributed by atoms with Gasteiger partial charge in [0.15, 0.2) is 0 Å². The SMILES string of the molecule is CNC(COc1cccc(COC)c1)C(N)=O. The maximum atomic E-state index is 11.0. The van der Waals surface area contributed by atoms with Crippen LogP contribution < -0.4 is 15.8 Å². The van der Waals surface area contributed by atoms with Crippen molar-refractivity contribution in [3.63, 3.8) is 0 Å². The van der Waals surface area contributed by atoms with Crippen molar-refractivity contribution < 1.29 is 14.3 Å². The third kappa shape index (κ3) is 4.42. The molecule has 1 unspecified atom stereocenters. The Labute approximate surface area is 101 Å². The molecular formula is C12H18N2O3. The number of hydrogen-bond donors (Lipinski definition) is 2. The van der Waals surface area contributed by atoms with Crippen molar-refractivity contribution in [2.75, 3.05) is 20.8 Å². The molecule has 94 valence electrons. The topological polar surface area (TPSA) is 73.6 Å². The molecule has 1 aromatic carbocycles. The molecule has 0 aliphatic rings. The van der Waals surface area contributed by atoms with Crippen molar-refractivity contribution in [3.8, 4) is 5.75 Å². The lowest BCUT2D eigenvalue weighted by molar-refractivity contribution is -0.120. The molecule has 1 aromatic rings. The molecule has 0 fully saturated rings. The lowest BCUT2D eigenvalue weighted by Crippen LogP contribution is -2.43. The molecule has 1 atom stereocenters. The van der Waals surface area contributed by atoms with Crippen molar-refractivity contribution >= 4 is 5.91 Å². The van der Waals surface area contributed by atoms with Crippen LogP contribution in [-0.2, 0) is 16.1 Å². The molecule has 0 saturated carbocycles. The zero-order valence-electron chi connectivity index (χ0n) is 10.1. The van der Waals surface area contributed by atoms with Crippen LogP contribution in [0.1, 0.15) is 5.56 Å². The number of benzene rings is 1. The minimum absolute atomic E-state index is 0.211. The number of likely N-dealkylation sites (N-methyl/N-ethyl adjacent to an activating group) is 1. The Morgan fingerprint density at radius 3 is 2.88 bits per heavy atom. The Balaban J connectivity index is 2.56. The van der Waals surface area contributed by atoms with Crippen LogP contribution in [-0.4, -0.2) is 32.7 Å². The first kappa shape index (κ1) is 13.5. The molecule has 0 saturated heterocycles. The van der Waals surface area contributed by atoms with E-state index in [1.807, 2.05) is 24.3 Å². The first-order chi connectivity index (χ1) is 8.17. The number of carbonyl (C=O) groups is 1. The number of amides is 1. The number of nitrogens with two attached hydrogens (primary N) is 1. The number of rotatable bonds is 7. The number of ether oxygens (including phenoxy) is 2. The predicted molar refractivity (Wildman–Crippen MR) is 64.7 cm³/mol. The Hall–Kier alpha value is -1.59. The van der Waals surface area contributed by atoms with Gasteiger partial charge in [-0.25, -0.2) is 0 Å². The minimum atomic E-state index is -0.485. The number of nitrogens with one attached hydrogen (secondary N) is 1. The molecule has 5 nitrogen and oxygen atoms in total. The molecule has 1 rings (SSSR count). The van der Waals surface area contributed by atoms with E-state index < -0.39 is 11.9 Å². The van der Waals surface area contributed by atoms with Gasteiger partial charge in [-0.3, -0.25) is 4.79 Å². The summed E-state index contributed by atoms with van der Waals surface area (Å²) in [5.74, 6) is 0.265. The summed E-state index contributed by atoms with van der Waals surface area (Å²) < 4.78 is 10.5. The summed E-state index contributed by atoms with van der Waals surface area (Å²) in [6.07, 6.45) is 0. The van der Waals surface area contributed by atoms with Crippen LogP contribution in [0.4, 0.5) is 0 Å². The molecular weight excluding hydrogens is 220 g/mol. The monoisotopic (exact) mass is 238 g/mol. The van der Waals surface area contributed by atoms with Gasteiger partial charge in [0.05, 0.1) is 6.61 Å². The van der Waals surface area contributed by atoms with Gasteiger partial charge in [-0.1, -0.05) is 12.1 Å². The molecule has 0 aliphatic carbocycles. The Morgan fingerprint density at radius 2 is 2.29 bits per heavy atom. The Bertz CT molecular complexity index is 369. The smallest absolute Gasteiger partial charge is 0.238 e. The molecule has 0 bridgehead atoms. The molecule has 3 N–H and O–H groups in total. The van der Waals surface area contributed by atoms with Crippen molar-refractivity contribution in [1.29, 1.82) is 0 Å². The fourth-order valence-corrected chi connectivity index (χ4v) is 1.38. The second-order valence-electron chi connectivity index (χ2n) is 3.64. The van der Waals surface area contributed by atoms with Gasteiger partial charge in [-0.15, -0.1) is 0 Å². The maximum Gasteiger partial charge on any atom is 0.238 e. The maximum absolute atomic E-state index is 11.0. The highest BCUT2D eigenvalue weighted by Gasteiger charge is 2.13. The van der Waals surface area contributed by atoms with Gasteiger partial charge in [0.1, 0.15) is 18.4 Å². The van der Waals surface area contributed by atoms with E-state index in [4.69, 9.17) is 15.2 Å².